The van der Waals surface area contributed by atoms with E-state index in [2.05, 4.69) is 10.4 Å². The van der Waals surface area contributed by atoms with Gasteiger partial charge in [0.25, 0.3) is 0 Å². The molecule has 0 aromatic carbocycles. The molecule has 1 aromatic rings. The fourth-order valence-electron chi connectivity index (χ4n) is 2.34. The van der Waals surface area contributed by atoms with Crippen molar-refractivity contribution < 1.29 is 9.59 Å². The minimum atomic E-state index is -0.541. The van der Waals surface area contributed by atoms with Gasteiger partial charge in [0.15, 0.2) is 0 Å². The lowest BCUT2D eigenvalue weighted by molar-refractivity contribution is -0.127. The van der Waals surface area contributed by atoms with E-state index < -0.39 is 12.1 Å². The third-order valence-corrected chi connectivity index (χ3v) is 3.46. The van der Waals surface area contributed by atoms with Crippen molar-refractivity contribution in [2.45, 2.75) is 38.3 Å². The average molecular weight is 316 g/mol. The Labute approximate surface area is 130 Å². The molecule has 2 atom stereocenters. The van der Waals surface area contributed by atoms with Crippen molar-refractivity contribution in [3.63, 3.8) is 0 Å². The number of nitrogens with two attached hydrogens (primary N) is 1. The van der Waals surface area contributed by atoms with Gasteiger partial charge in [0.1, 0.15) is 6.04 Å². The van der Waals surface area contributed by atoms with Crippen molar-refractivity contribution in [1.29, 1.82) is 0 Å². The largest absolute Gasteiger partial charge is 0.343 e. The molecule has 0 radical (unpaired) electrons. The summed E-state index contributed by atoms with van der Waals surface area (Å²) in [5.41, 5.74) is 6.51. The highest BCUT2D eigenvalue weighted by Crippen LogP contribution is 2.20. The predicted molar refractivity (Wildman–Crippen MR) is 82.2 cm³/mol. The van der Waals surface area contributed by atoms with Crippen LogP contribution >= 0.6 is 12.4 Å². The maximum atomic E-state index is 12.3. The Morgan fingerprint density at radius 3 is 2.90 bits per heavy atom. The molecule has 21 heavy (non-hydrogen) atoms. The van der Waals surface area contributed by atoms with E-state index in [1.54, 1.807) is 29.0 Å². The van der Waals surface area contributed by atoms with Gasteiger partial charge in [-0.1, -0.05) is 13.3 Å². The number of anilines is 1. The number of aryl methyl sites for hydroxylation is 1. The Morgan fingerprint density at radius 2 is 2.33 bits per heavy atom. The van der Waals surface area contributed by atoms with Crippen molar-refractivity contribution in [3.05, 3.63) is 12.4 Å². The maximum absolute atomic E-state index is 12.3. The smallest absolute Gasteiger partial charge is 0.249 e. The summed E-state index contributed by atoms with van der Waals surface area (Å²) in [6.45, 7) is 2.55. The fourth-order valence-corrected chi connectivity index (χ4v) is 2.34. The van der Waals surface area contributed by atoms with Gasteiger partial charge >= 0.3 is 0 Å². The molecule has 1 aromatic heterocycles. The second-order valence-corrected chi connectivity index (χ2v) is 5.11. The molecular weight excluding hydrogens is 294 g/mol. The summed E-state index contributed by atoms with van der Waals surface area (Å²) in [6, 6.07) is -1.02. The first-order valence-electron chi connectivity index (χ1n) is 6.89. The van der Waals surface area contributed by atoms with E-state index >= 15 is 0 Å². The standard InChI is InChI=1S/C13H21N5O2.ClH/c1-3-4-10(14)12(19)16-11-5-6-18(13(11)20)9-7-15-17(2)8-9;/h7-8,10-11H,3-6,14H2,1-2H3,(H,16,19);1H. The van der Waals surface area contributed by atoms with Crippen molar-refractivity contribution in [3.8, 4) is 0 Å². The molecule has 2 rings (SSSR count). The van der Waals surface area contributed by atoms with Gasteiger partial charge in [-0.15, -0.1) is 12.4 Å². The zero-order valence-corrected chi connectivity index (χ0v) is 13.1. The highest BCUT2D eigenvalue weighted by atomic mass is 35.5. The molecule has 2 unspecified atom stereocenters. The van der Waals surface area contributed by atoms with Crippen LogP contribution in [0.3, 0.4) is 0 Å². The molecule has 7 nitrogen and oxygen atoms in total. The monoisotopic (exact) mass is 315 g/mol. The first kappa shape index (κ1) is 17.5. The number of hydrogen-bond acceptors (Lipinski definition) is 4. The zero-order valence-electron chi connectivity index (χ0n) is 12.3. The molecule has 3 N–H and O–H groups in total. The summed E-state index contributed by atoms with van der Waals surface area (Å²) in [6.07, 6.45) is 5.49. The lowest BCUT2D eigenvalue weighted by Crippen LogP contribution is -2.48. The predicted octanol–water partition coefficient (Wildman–Crippen LogP) is 0.191. The number of nitrogens with zero attached hydrogens (tertiary/aromatic N) is 3. The van der Waals surface area contributed by atoms with Crippen LogP contribution in [-0.4, -0.2) is 40.2 Å². The summed E-state index contributed by atoms with van der Waals surface area (Å²) in [7, 11) is 1.80. The summed E-state index contributed by atoms with van der Waals surface area (Å²) >= 11 is 0. The third-order valence-electron chi connectivity index (χ3n) is 3.46. The van der Waals surface area contributed by atoms with Gasteiger partial charge in [0.05, 0.1) is 17.9 Å². The van der Waals surface area contributed by atoms with E-state index in [0.29, 0.717) is 19.4 Å². The highest BCUT2D eigenvalue weighted by molar-refractivity contribution is 6.01. The summed E-state index contributed by atoms with van der Waals surface area (Å²) < 4.78 is 1.64. The van der Waals surface area contributed by atoms with E-state index in [1.807, 2.05) is 6.92 Å². The Balaban J connectivity index is 0.00000220. The summed E-state index contributed by atoms with van der Waals surface area (Å²) in [5, 5.41) is 6.79. The Kier molecular flexibility index (Phi) is 6.17. The minimum absolute atomic E-state index is 0. The van der Waals surface area contributed by atoms with Crippen LogP contribution in [0, 0.1) is 0 Å². The van der Waals surface area contributed by atoms with Gasteiger partial charge in [0.2, 0.25) is 11.8 Å². The summed E-state index contributed by atoms with van der Waals surface area (Å²) in [4.78, 5) is 25.8. The number of hydrogen-bond donors (Lipinski definition) is 2. The number of rotatable bonds is 5. The Morgan fingerprint density at radius 1 is 1.62 bits per heavy atom. The molecule has 0 bridgehead atoms. The second kappa shape index (κ2) is 7.42. The van der Waals surface area contributed by atoms with Gasteiger partial charge in [-0.25, -0.2) is 0 Å². The summed E-state index contributed by atoms with van der Waals surface area (Å²) in [5.74, 6) is -0.353. The first-order chi connectivity index (χ1) is 9.52. The average Bonchev–Trinajstić information content (AvgIpc) is 2.97. The lowest BCUT2D eigenvalue weighted by Gasteiger charge is -2.17. The van der Waals surface area contributed by atoms with Crippen LogP contribution < -0.4 is 16.0 Å². The van der Waals surface area contributed by atoms with Crippen LogP contribution in [0.5, 0.6) is 0 Å². The number of halogens is 1. The molecule has 2 amide bonds. The van der Waals surface area contributed by atoms with Crippen molar-refractivity contribution >= 4 is 29.9 Å². The third kappa shape index (κ3) is 3.95. The van der Waals surface area contributed by atoms with Crippen LogP contribution in [0.4, 0.5) is 5.69 Å². The Hall–Kier alpha value is -1.60. The SMILES string of the molecule is CCCC(N)C(=O)NC1CCN(c2cnn(C)c2)C1=O.Cl. The number of carbonyl (C=O) groups excluding carboxylic acids is 2. The van der Waals surface area contributed by atoms with Crippen LogP contribution in [-0.2, 0) is 16.6 Å². The van der Waals surface area contributed by atoms with E-state index in [0.717, 1.165) is 12.1 Å². The van der Waals surface area contributed by atoms with Gasteiger partial charge in [-0.05, 0) is 12.8 Å². The molecule has 2 heterocycles. The number of amides is 2. The van der Waals surface area contributed by atoms with Crippen molar-refractivity contribution in [2.24, 2.45) is 12.8 Å². The molecule has 1 aliphatic heterocycles. The van der Waals surface area contributed by atoms with Gasteiger partial charge in [0, 0.05) is 19.8 Å². The Bertz CT molecular complexity index is 505. The normalized spacial score (nSPS) is 19.3. The van der Waals surface area contributed by atoms with E-state index in [9.17, 15) is 9.59 Å². The first-order valence-corrected chi connectivity index (χ1v) is 6.89. The van der Waals surface area contributed by atoms with Crippen LogP contribution in [0.1, 0.15) is 26.2 Å². The molecule has 118 valence electrons. The minimum Gasteiger partial charge on any atom is -0.343 e. The van der Waals surface area contributed by atoms with Gasteiger partial charge in [-0.3, -0.25) is 14.3 Å². The molecular formula is C13H22ClN5O2. The van der Waals surface area contributed by atoms with Crippen LogP contribution in [0.15, 0.2) is 12.4 Å². The maximum Gasteiger partial charge on any atom is 0.249 e. The lowest BCUT2D eigenvalue weighted by atomic mass is 10.1. The molecule has 1 saturated heterocycles. The highest BCUT2D eigenvalue weighted by Gasteiger charge is 2.34. The second-order valence-electron chi connectivity index (χ2n) is 5.11. The van der Waals surface area contributed by atoms with E-state index in [-0.39, 0.29) is 24.2 Å². The molecule has 1 aliphatic rings. The van der Waals surface area contributed by atoms with Gasteiger partial charge < -0.3 is 16.0 Å². The van der Waals surface area contributed by atoms with Crippen LogP contribution in [0.25, 0.3) is 0 Å². The quantitative estimate of drug-likeness (QED) is 0.811. The van der Waals surface area contributed by atoms with Crippen molar-refractivity contribution in [1.82, 2.24) is 15.1 Å². The number of carbonyl (C=O) groups is 2. The topological polar surface area (TPSA) is 93.2 Å². The molecule has 0 aliphatic carbocycles. The zero-order chi connectivity index (χ0) is 14.7. The molecule has 1 fully saturated rings. The molecule has 0 spiro atoms. The molecule has 0 saturated carbocycles. The van der Waals surface area contributed by atoms with Crippen LogP contribution in [0.2, 0.25) is 0 Å². The molecule has 8 heteroatoms. The number of aromatic nitrogens is 2. The fraction of sp³-hybridized carbons (Fsp3) is 0.615. The van der Waals surface area contributed by atoms with E-state index in [4.69, 9.17) is 5.73 Å². The van der Waals surface area contributed by atoms with E-state index in [1.165, 1.54) is 0 Å². The van der Waals surface area contributed by atoms with Gasteiger partial charge in [-0.2, -0.15) is 5.10 Å². The van der Waals surface area contributed by atoms with Crippen molar-refractivity contribution in [2.75, 3.05) is 11.4 Å². The number of nitrogens with one attached hydrogen (secondary N) is 1.